The molecule has 2 N–H and O–H groups in total. The van der Waals surface area contributed by atoms with Crippen LogP contribution in [0.4, 0.5) is 5.13 Å². The van der Waals surface area contributed by atoms with Crippen LogP contribution in [0, 0.1) is 0 Å². The number of carbonyl (C=O) groups is 2. The van der Waals surface area contributed by atoms with E-state index in [1.165, 1.54) is 11.3 Å². The fraction of sp³-hybridized carbons (Fsp3) is 0.143. The van der Waals surface area contributed by atoms with Gasteiger partial charge in [0.05, 0.1) is 30.5 Å². The number of nitrogens with one attached hydrogen (secondary N) is 1. The maximum absolute atomic E-state index is 11.5. The molecular weight excluding hydrogens is 390 g/mol. The standard InChI is InChI=1S/C21H19N3O4S/c1-2-28-19(25)11-17-13-29-21(23-17)24-22-12-16-6-3-4-9-18(16)14-7-5-8-15(10-14)20(26)27/h3-10,12-13H,2,11H2,1H3,(H,23,24)(H,26,27). The Morgan fingerprint density at radius 3 is 2.86 bits per heavy atom. The number of hydrogen-bond acceptors (Lipinski definition) is 7. The van der Waals surface area contributed by atoms with E-state index in [-0.39, 0.29) is 18.0 Å². The Morgan fingerprint density at radius 1 is 1.24 bits per heavy atom. The van der Waals surface area contributed by atoms with Crippen LogP contribution in [0.2, 0.25) is 0 Å². The number of anilines is 1. The van der Waals surface area contributed by atoms with E-state index in [4.69, 9.17) is 4.74 Å². The zero-order valence-corrected chi connectivity index (χ0v) is 16.5. The summed E-state index contributed by atoms with van der Waals surface area (Å²) in [7, 11) is 0. The molecule has 3 rings (SSSR count). The molecule has 0 aliphatic carbocycles. The molecule has 3 aromatic rings. The number of ether oxygens (including phenoxy) is 1. The third kappa shape index (κ3) is 5.49. The molecule has 0 bridgehead atoms. The van der Waals surface area contributed by atoms with Crippen molar-refractivity contribution in [3.05, 3.63) is 70.7 Å². The van der Waals surface area contributed by atoms with Gasteiger partial charge in [-0.25, -0.2) is 9.78 Å². The molecule has 2 aromatic carbocycles. The molecule has 0 saturated heterocycles. The monoisotopic (exact) mass is 409 g/mol. The van der Waals surface area contributed by atoms with E-state index >= 15 is 0 Å². The van der Waals surface area contributed by atoms with Gasteiger partial charge in [0.1, 0.15) is 0 Å². The highest BCUT2D eigenvalue weighted by molar-refractivity contribution is 7.13. The fourth-order valence-electron chi connectivity index (χ4n) is 2.65. The summed E-state index contributed by atoms with van der Waals surface area (Å²) in [4.78, 5) is 27.1. The number of hydrazone groups is 1. The lowest BCUT2D eigenvalue weighted by molar-refractivity contribution is -0.142. The minimum atomic E-state index is -0.970. The molecule has 1 aromatic heterocycles. The fourth-order valence-corrected chi connectivity index (χ4v) is 3.31. The number of carbonyl (C=O) groups excluding carboxylic acids is 1. The molecule has 8 heteroatoms. The van der Waals surface area contributed by atoms with E-state index in [1.54, 1.807) is 36.7 Å². The molecule has 1 heterocycles. The van der Waals surface area contributed by atoms with E-state index in [1.807, 2.05) is 30.3 Å². The average molecular weight is 409 g/mol. The van der Waals surface area contributed by atoms with Crippen molar-refractivity contribution in [2.75, 3.05) is 12.0 Å². The normalized spacial score (nSPS) is 10.8. The van der Waals surface area contributed by atoms with Gasteiger partial charge in [0.2, 0.25) is 5.13 Å². The molecule has 0 fully saturated rings. The maximum Gasteiger partial charge on any atom is 0.335 e. The third-order valence-corrected chi connectivity index (χ3v) is 4.72. The number of hydrogen-bond donors (Lipinski definition) is 2. The number of carboxylic acid groups (broad SMARTS) is 1. The minimum absolute atomic E-state index is 0.123. The van der Waals surface area contributed by atoms with Gasteiger partial charge in [-0.05, 0) is 30.2 Å². The number of aromatic nitrogens is 1. The van der Waals surface area contributed by atoms with Crippen molar-refractivity contribution in [1.82, 2.24) is 4.98 Å². The predicted molar refractivity (Wildman–Crippen MR) is 113 cm³/mol. The minimum Gasteiger partial charge on any atom is -0.478 e. The van der Waals surface area contributed by atoms with E-state index in [0.29, 0.717) is 17.4 Å². The van der Waals surface area contributed by atoms with Crippen molar-refractivity contribution >= 4 is 34.6 Å². The van der Waals surface area contributed by atoms with E-state index in [9.17, 15) is 14.7 Å². The second-order valence-corrected chi connectivity index (χ2v) is 6.83. The van der Waals surface area contributed by atoms with Gasteiger partial charge in [-0.2, -0.15) is 5.10 Å². The van der Waals surface area contributed by atoms with Crippen LogP contribution in [0.3, 0.4) is 0 Å². The molecule has 7 nitrogen and oxygen atoms in total. The average Bonchev–Trinajstić information content (AvgIpc) is 3.15. The SMILES string of the molecule is CCOC(=O)Cc1csc(NN=Cc2ccccc2-c2cccc(C(=O)O)c2)n1. The van der Waals surface area contributed by atoms with Gasteiger partial charge in [0, 0.05) is 10.9 Å². The van der Waals surface area contributed by atoms with Crippen LogP contribution in [-0.2, 0) is 16.0 Å². The molecule has 148 valence electrons. The highest BCUT2D eigenvalue weighted by atomic mass is 32.1. The molecule has 0 saturated carbocycles. The number of nitrogens with zero attached hydrogens (tertiary/aromatic N) is 2. The van der Waals surface area contributed by atoms with Crippen molar-refractivity contribution < 1.29 is 19.4 Å². The summed E-state index contributed by atoms with van der Waals surface area (Å²) in [5, 5.41) is 15.8. The lowest BCUT2D eigenvalue weighted by Crippen LogP contribution is -2.07. The highest BCUT2D eigenvalue weighted by Crippen LogP contribution is 2.24. The van der Waals surface area contributed by atoms with Gasteiger partial charge < -0.3 is 9.84 Å². The van der Waals surface area contributed by atoms with Crippen LogP contribution in [-0.4, -0.2) is 34.9 Å². The van der Waals surface area contributed by atoms with Gasteiger partial charge in [0.25, 0.3) is 0 Å². The molecule has 0 amide bonds. The quantitative estimate of drug-likeness (QED) is 0.331. The Morgan fingerprint density at radius 2 is 2.07 bits per heavy atom. The van der Waals surface area contributed by atoms with Crippen LogP contribution >= 0.6 is 11.3 Å². The third-order valence-electron chi connectivity index (χ3n) is 3.93. The summed E-state index contributed by atoms with van der Waals surface area (Å²) in [6, 6.07) is 14.3. The van der Waals surface area contributed by atoms with E-state index in [0.717, 1.165) is 16.7 Å². The topological polar surface area (TPSA) is 101 Å². The number of carboxylic acids is 1. The Kier molecular flexibility index (Phi) is 6.70. The molecule has 0 unspecified atom stereocenters. The number of thiazole rings is 1. The summed E-state index contributed by atoms with van der Waals surface area (Å²) < 4.78 is 4.91. The van der Waals surface area contributed by atoms with Gasteiger partial charge in [-0.15, -0.1) is 11.3 Å². The second kappa shape index (κ2) is 9.61. The lowest BCUT2D eigenvalue weighted by atomic mass is 9.99. The van der Waals surface area contributed by atoms with Crippen molar-refractivity contribution in [2.45, 2.75) is 13.3 Å². The van der Waals surface area contributed by atoms with Gasteiger partial charge >= 0.3 is 11.9 Å². The summed E-state index contributed by atoms with van der Waals surface area (Å²) in [6.45, 7) is 2.10. The summed E-state index contributed by atoms with van der Waals surface area (Å²) >= 11 is 1.34. The Balaban J connectivity index is 1.72. The van der Waals surface area contributed by atoms with Crippen LogP contribution < -0.4 is 5.43 Å². The number of benzene rings is 2. The largest absolute Gasteiger partial charge is 0.478 e. The first-order valence-corrected chi connectivity index (χ1v) is 9.76. The Hall–Kier alpha value is -3.52. The molecular formula is C21H19N3O4S. The molecule has 29 heavy (non-hydrogen) atoms. The molecule has 0 radical (unpaired) electrons. The van der Waals surface area contributed by atoms with Crippen molar-refractivity contribution in [3.8, 4) is 11.1 Å². The number of rotatable bonds is 8. The molecule has 0 atom stereocenters. The van der Waals surface area contributed by atoms with Crippen molar-refractivity contribution in [2.24, 2.45) is 5.10 Å². The predicted octanol–water partition coefficient (Wildman–Crippen LogP) is 4.06. The van der Waals surface area contributed by atoms with E-state index in [2.05, 4.69) is 15.5 Å². The van der Waals surface area contributed by atoms with Crippen LogP contribution in [0.25, 0.3) is 11.1 Å². The maximum atomic E-state index is 11.5. The van der Waals surface area contributed by atoms with Crippen LogP contribution in [0.15, 0.2) is 59.0 Å². The van der Waals surface area contributed by atoms with Crippen molar-refractivity contribution in [1.29, 1.82) is 0 Å². The molecule has 0 spiro atoms. The van der Waals surface area contributed by atoms with Crippen LogP contribution in [0.1, 0.15) is 28.5 Å². The smallest absolute Gasteiger partial charge is 0.335 e. The molecule has 0 aliphatic rings. The molecule has 0 aliphatic heterocycles. The number of aromatic carboxylic acids is 1. The Bertz CT molecular complexity index is 1050. The summed E-state index contributed by atoms with van der Waals surface area (Å²) in [6.07, 6.45) is 1.77. The zero-order chi connectivity index (χ0) is 20.6. The van der Waals surface area contributed by atoms with Crippen LogP contribution in [0.5, 0.6) is 0 Å². The van der Waals surface area contributed by atoms with Gasteiger partial charge in [-0.3, -0.25) is 10.2 Å². The summed E-state index contributed by atoms with van der Waals surface area (Å²) in [5.41, 5.74) is 6.18. The van der Waals surface area contributed by atoms with Crippen molar-refractivity contribution in [3.63, 3.8) is 0 Å². The van der Waals surface area contributed by atoms with E-state index < -0.39 is 5.97 Å². The first kappa shape index (κ1) is 20.2. The zero-order valence-electron chi connectivity index (χ0n) is 15.7. The van der Waals surface area contributed by atoms with Gasteiger partial charge in [-0.1, -0.05) is 36.4 Å². The second-order valence-electron chi connectivity index (χ2n) is 5.97. The highest BCUT2D eigenvalue weighted by Gasteiger charge is 2.09. The lowest BCUT2D eigenvalue weighted by Gasteiger charge is -2.07. The van der Waals surface area contributed by atoms with Gasteiger partial charge in [0.15, 0.2) is 0 Å². The summed E-state index contributed by atoms with van der Waals surface area (Å²) in [5.74, 6) is -1.28. The number of esters is 1. The Labute approximate surface area is 171 Å². The first-order valence-electron chi connectivity index (χ1n) is 8.88. The first-order chi connectivity index (χ1) is 14.1.